The smallest absolute Gasteiger partial charge is 0.222 e. The van der Waals surface area contributed by atoms with Gasteiger partial charge >= 0.3 is 0 Å². The molecule has 0 heterocycles. The summed E-state index contributed by atoms with van der Waals surface area (Å²) in [5.74, 6) is -0.712. The van der Waals surface area contributed by atoms with Crippen molar-refractivity contribution in [2.45, 2.75) is 115 Å². The van der Waals surface area contributed by atoms with Gasteiger partial charge in [-0.15, -0.1) is 0 Å². The Labute approximate surface area is 393 Å². The van der Waals surface area contributed by atoms with Gasteiger partial charge in [-0.05, 0) is 77.1 Å². The molecule has 2 unspecified atom stereocenters. The first-order chi connectivity index (χ1) is 31.6. The Morgan fingerprint density at radius 3 is 1.43 bits per heavy atom. The fourth-order valence-electron chi connectivity index (χ4n) is 6.13. The molecule has 0 aliphatic heterocycles. The molecule has 65 heavy (non-hydrogen) atoms. The number of hydrogen-bond acceptors (Lipinski definition) is 15. The number of aliphatic hydroxyl groups is 1. The summed E-state index contributed by atoms with van der Waals surface area (Å²) in [5, 5.41) is 26.6. The summed E-state index contributed by atoms with van der Waals surface area (Å²) in [6, 6.07) is -0.403. The Bertz CT molecular complexity index is 1210. The molecule has 0 aromatic rings. The third kappa shape index (κ3) is 44.5. The maximum atomic E-state index is 12.9. The van der Waals surface area contributed by atoms with Gasteiger partial charge in [-0.2, -0.15) is 0 Å². The Morgan fingerprint density at radius 2 is 0.908 bits per heavy atom. The molecule has 0 bridgehead atoms. The molecule has 2 atom stereocenters. The Balaban J connectivity index is 4.37. The summed E-state index contributed by atoms with van der Waals surface area (Å²) in [6.45, 7) is 6.31. The largest absolute Gasteiger partial charge is 0.396 e. The van der Waals surface area contributed by atoms with Crippen molar-refractivity contribution in [1.82, 2.24) is 31.9 Å². The van der Waals surface area contributed by atoms with E-state index in [4.69, 9.17) is 28.4 Å². The molecule has 6 amide bonds. The molecule has 0 aromatic heterocycles. The number of ether oxygens (including phenoxy) is 6. The second kappa shape index (κ2) is 47.3. The van der Waals surface area contributed by atoms with Crippen molar-refractivity contribution in [2.24, 2.45) is 5.92 Å². The van der Waals surface area contributed by atoms with E-state index in [0.717, 1.165) is 44.9 Å². The predicted octanol–water partition coefficient (Wildman–Crippen LogP) is 1.51. The quantitative estimate of drug-likeness (QED) is 0.0245. The highest BCUT2D eigenvalue weighted by molar-refractivity contribution is 7.75. The molecule has 0 saturated carbocycles. The minimum atomic E-state index is -0.403. The molecule has 0 saturated heterocycles. The van der Waals surface area contributed by atoms with Crippen molar-refractivity contribution in [3.05, 3.63) is 0 Å². The number of rotatable bonds is 48. The van der Waals surface area contributed by atoms with Crippen LogP contribution in [0, 0.1) is 5.92 Å². The maximum Gasteiger partial charge on any atom is 0.222 e. The molecule has 21 heteroatoms. The average Bonchev–Trinajstić information content (AvgIpc) is 3.28. The number of thiol groups is 1. The minimum absolute atomic E-state index is 0.0155. The van der Waals surface area contributed by atoms with E-state index in [1.54, 1.807) is 14.2 Å². The molecule has 0 aliphatic rings. The standard InChI is InChI=1S/C44H84N6O14S/c1-58-24-9-5-14-39(52)48-22-28-62-33-31-61-27-18-42(55)46-21-11-16-43(56)50-38(34-44(57)47-20-7-3-12-37(35-51)36-59-2)13-4-8-19-45-41(54)17-26-60-30-32-63-29-23-49-40(53)15-6-10-25-64-65/h37-38,51,65H,3-36H2,1-2H3,(H,45,54)(H,46,55)(H,47,57)(H,48,52)(H,49,53)(H,50,56). The van der Waals surface area contributed by atoms with E-state index < -0.39 is 6.04 Å². The first-order valence-corrected chi connectivity index (χ1v) is 23.8. The molecule has 7 N–H and O–H groups in total. The summed E-state index contributed by atoms with van der Waals surface area (Å²) in [4.78, 5) is 73.7. The lowest BCUT2D eigenvalue weighted by molar-refractivity contribution is -0.125. The number of hydrogen-bond donors (Lipinski definition) is 8. The number of aliphatic hydroxyl groups excluding tert-OH is 1. The summed E-state index contributed by atoms with van der Waals surface area (Å²) in [7, 11) is 3.24. The summed E-state index contributed by atoms with van der Waals surface area (Å²) in [5.41, 5.74) is 0. The molecule has 0 fully saturated rings. The van der Waals surface area contributed by atoms with Crippen LogP contribution in [-0.4, -0.2) is 173 Å². The Morgan fingerprint density at radius 1 is 0.446 bits per heavy atom. The van der Waals surface area contributed by atoms with Gasteiger partial charge in [-0.1, -0.05) is 6.42 Å². The third-order valence-corrected chi connectivity index (χ3v) is 9.93. The number of nitrogens with one attached hydrogen (secondary N) is 6. The molecule has 380 valence electrons. The minimum Gasteiger partial charge on any atom is -0.396 e. The van der Waals surface area contributed by atoms with Crippen LogP contribution in [-0.2, 0) is 61.4 Å². The van der Waals surface area contributed by atoms with Crippen LogP contribution in [0.25, 0.3) is 0 Å². The SMILES string of the molecule is COCCCCC(=O)NCCOCCOCCC(=O)NCCCC(=O)NC(CCCCNC(=O)CCOCCOCCNC(=O)CCCCOS)CC(=O)NCCCCC(CO)COC. The van der Waals surface area contributed by atoms with E-state index in [1.807, 2.05) is 0 Å². The van der Waals surface area contributed by atoms with Crippen LogP contribution in [0.1, 0.15) is 109 Å². The molecule has 0 rings (SSSR count). The van der Waals surface area contributed by atoms with Gasteiger partial charge in [-0.25, -0.2) is 0 Å². The highest BCUT2D eigenvalue weighted by Gasteiger charge is 2.17. The van der Waals surface area contributed by atoms with Crippen molar-refractivity contribution in [3.8, 4) is 0 Å². The zero-order valence-corrected chi connectivity index (χ0v) is 40.3. The topological polar surface area (TPSA) is 259 Å². The normalized spacial score (nSPS) is 12.0. The van der Waals surface area contributed by atoms with Crippen molar-refractivity contribution in [3.63, 3.8) is 0 Å². The number of methoxy groups -OCH3 is 2. The molecule has 0 aromatic carbocycles. The molecule has 20 nitrogen and oxygen atoms in total. The molecule has 0 spiro atoms. The van der Waals surface area contributed by atoms with Gasteiger partial charge in [0.15, 0.2) is 0 Å². The van der Waals surface area contributed by atoms with Crippen molar-refractivity contribution >= 4 is 48.4 Å². The molecule has 0 radical (unpaired) electrons. The number of carbonyl (C=O) groups excluding carboxylic acids is 6. The monoisotopic (exact) mass is 953 g/mol. The first kappa shape index (κ1) is 61.9. The third-order valence-electron chi connectivity index (χ3n) is 9.74. The van der Waals surface area contributed by atoms with Crippen LogP contribution in [0.5, 0.6) is 0 Å². The number of carbonyl (C=O) groups is 6. The number of amides is 6. The van der Waals surface area contributed by atoms with Gasteiger partial charge in [-0.3, -0.25) is 28.8 Å². The highest BCUT2D eigenvalue weighted by atomic mass is 32.1. The predicted molar refractivity (Wildman–Crippen MR) is 248 cm³/mol. The Hall–Kier alpha value is -3.15. The van der Waals surface area contributed by atoms with Crippen LogP contribution in [0.2, 0.25) is 0 Å². The van der Waals surface area contributed by atoms with Gasteiger partial charge in [0.2, 0.25) is 35.4 Å². The van der Waals surface area contributed by atoms with Crippen molar-refractivity contribution in [2.75, 3.05) is 126 Å². The van der Waals surface area contributed by atoms with Crippen LogP contribution < -0.4 is 31.9 Å². The summed E-state index contributed by atoms with van der Waals surface area (Å²) >= 11 is 3.67. The van der Waals surface area contributed by atoms with E-state index in [1.165, 1.54) is 0 Å². The van der Waals surface area contributed by atoms with Crippen LogP contribution in [0.15, 0.2) is 0 Å². The fraction of sp³-hybridized carbons (Fsp3) is 0.864. The van der Waals surface area contributed by atoms with E-state index in [9.17, 15) is 33.9 Å². The molecule has 0 aliphatic carbocycles. The van der Waals surface area contributed by atoms with Crippen LogP contribution in [0.3, 0.4) is 0 Å². The maximum absolute atomic E-state index is 12.9. The summed E-state index contributed by atoms with van der Waals surface area (Å²) in [6.07, 6.45) is 9.31. The number of unbranched alkanes of at least 4 members (excludes halogenated alkanes) is 4. The van der Waals surface area contributed by atoms with Crippen molar-refractivity contribution < 1.29 is 66.5 Å². The lowest BCUT2D eigenvalue weighted by Gasteiger charge is -2.19. The first-order valence-electron chi connectivity index (χ1n) is 23.4. The van der Waals surface area contributed by atoms with Gasteiger partial charge in [0.25, 0.3) is 0 Å². The highest BCUT2D eigenvalue weighted by Crippen LogP contribution is 2.09. The second-order valence-electron chi connectivity index (χ2n) is 15.5. The van der Waals surface area contributed by atoms with Crippen molar-refractivity contribution in [1.29, 1.82) is 0 Å². The molecular formula is C44H84N6O14S. The van der Waals surface area contributed by atoms with Crippen LogP contribution in [0.4, 0.5) is 0 Å². The van der Waals surface area contributed by atoms with Gasteiger partial charge in [0, 0.05) is 111 Å². The molecular weight excluding hydrogens is 869 g/mol. The summed E-state index contributed by atoms with van der Waals surface area (Å²) < 4.78 is 36.6. The van der Waals surface area contributed by atoms with Gasteiger partial charge < -0.3 is 69.6 Å². The van der Waals surface area contributed by atoms with Crippen LogP contribution >= 0.6 is 12.9 Å². The van der Waals surface area contributed by atoms with E-state index in [-0.39, 0.29) is 86.9 Å². The zero-order chi connectivity index (χ0) is 47.9. The average molecular weight is 953 g/mol. The van der Waals surface area contributed by atoms with Gasteiger partial charge in [0.05, 0.1) is 66.1 Å². The van der Waals surface area contributed by atoms with E-state index >= 15 is 0 Å². The van der Waals surface area contributed by atoms with E-state index in [0.29, 0.717) is 131 Å². The lowest BCUT2D eigenvalue weighted by atomic mass is 10.0. The fourth-order valence-corrected chi connectivity index (χ4v) is 6.26. The van der Waals surface area contributed by atoms with Gasteiger partial charge in [0.1, 0.15) is 0 Å². The lowest BCUT2D eigenvalue weighted by Crippen LogP contribution is -2.39. The van der Waals surface area contributed by atoms with E-state index in [2.05, 4.69) is 49.0 Å². The Kier molecular flexibility index (Phi) is 45.1. The second-order valence-corrected chi connectivity index (χ2v) is 15.8. The zero-order valence-electron chi connectivity index (χ0n) is 39.4.